The molecule has 0 bridgehead atoms. The predicted molar refractivity (Wildman–Crippen MR) is 120 cm³/mol. The van der Waals surface area contributed by atoms with Gasteiger partial charge in [0.15, 0.2) is 0 Å². The van der Waals surface area contributed by atoms with E-state index in [1.807, 2.05) is 12.1 Å². The first kappa shape index (κ1) is 20.3. The van der Waals surface area contributed by atoms with Gasteiger partial charge < -0.3 is 19.5 Å². The maximum absolute atomic E-state index is 9.90. The van der Waals surface area contributed by atoms with E-state index in [0.29, 0.717) is 13.2 Å². The fraction of sp³-hybridized carbons (Fsp3) is 0.308. The van der Waals surface area contributed by atoms with E-state index < -0.39 is 0 Å². The van der Waals surface area contributed by atoms with Crippen molar-refractivity contribution in [2.75, 3.05) is 33.9 Å². The lowest BCUT2D eigenvalue weighted by atomic mass is 9.76. The van der Waals surface area contributed by atoms with Gasteiger partial charge in [0.25, 0.3) is 0 Å². The van der Waals surface area contributed by atoms with E-state index in [1.54, 1.807) is 12.1 Å². The predicted octanol–water partition coefficient (Wildman–Crippen LogP) is 5.03. The molecule has 1 unspecified atom stereocenters. The van der Waals surface area contributed by atoms with Crippen LogP contribution in [0, 0.1) is 0 Å². The number of rotatable bonds is 7. The van der Waals surface area contributed by atoms with Crippen LogP contribution in [0.25, 0.3) is 0 Å². The van der Waals surface area contributed by atoms with Crippen molar-refractivity contribution in [3.63, 3.8) is 0 Å². The molecule has 0 spiro atoms. The maximum Gasteiger partial charge on any atom is 0.126 e. The van der Waals surface area contributed by atoms with E-state index >= 15 is 0 Å². The van der Waals surface area contributed by atoms with E-state index in [2.05, 4.69) is 67.5 Å². The minimum Gasteiger partial charge on any atom is -0.508 e. The Morgan fingerprint density at radius 2 is 1.73 bits per heavy atom. The Morgan fingerprint density at radius 1 is 0.967 bits per heavy atom. The Balaban J connectivity index is 1.60. The van der Waals surface area contributed by atoms with Gasteiger partial charge in [-0.15, -0.1) is 0 Å². The van der Waals surface area contributed by atoms with Crippen molar-refractivity contribution >= 4 is 0 Å². The van der Waals surface area contributed by atoms with Gasteiger partial charge in [0.05, 0.1) is 13.2 Å². The van der Waals surface area contributed by atoms with Crippen molar-refractivity contribution in [2.24, 2.45) is 0 Å². The summed E-state index contributed by atoms with van der Waals surface area (Å²) in [5.74, 6) is 2.24. The number of fused-ring (bicyclic) bond motifs is 1. The van der Waals surface area contributed by atoms with Gasteiger partial charge in [-0.3, -0.25) is 0 Å². The average molecular weight is 404 g/mol. The van der Waals surface area contributed by atoms with Crippen LogP contribution in [0.15, 0.2) is 72.8 Å². The average Bonchev–Trinajstić information content (AvgIpc) is 2.77. The molecule has 0 aromatic heterocycles. The fourth-order valence-corrected chi connectivity index (χ4v) is 4.14. The molecule has 4 nitrogen and oxygen atoms in total. The third kappa shape index (κ3) is 4.60. The number of phenols is 1. The molecule has 30 heavy (non-hydrogen) atoms. The van der Waals surface area contributed by atoms with Crippen LogP contribution in [-0.4, -0.2) is 43.9 Å². The number of phenolic OH excluding ortho intramolecular Hbond substituents is 1. The third-order valence-electron chi connectivity index (χ3n) is 5.64. The van der Waals surface area contributed by atoms with Crippen molar-refractivity contribution in [2.45, 2.75) is 18.3 Å². The van der Waals surface area contributed by atoms with E-state index in [1.165, 1.54) is 11.1 Å². The number of benzene rings is 3. The smallest absolute Gasteiger partial charge is 0.126 e. The molecule has 3 aromatic rings. The molecule has 0 saturated heterocycles. The lowest BCUT2D eigenvalue weighted by Crippen LogP contribution is -2.25. The number of hydrogen-bond acceptors (Lipinski definition) is 4. The quantitative estimate of drug-likeness (QED) is 0.562. The van der Waals surface area contributed by atoms with E-state index in [-0.39, 0.29) is 17.6 Å². The number of ether oxygens (including phenoxy) is 2. The van der Waals surface area contributed by atoms with E-state index in [9.17, 15) is 5.11 Å². The highest BCUT2D eigenvalue weighted by atomic mass is 16.5. The Hall–Kier alpha value is -2.98. The molecule has 1 N–H and O–H groups in total. The first-order valence-corrected chi connectivity index (χ1v) is 10.5. The van der Waals surface area contributed by atoms with Crippen LogP contribution in [0.4, 0.5) is 0 Å². The molecular formula is C26H29NO3. The van der Waals surface area contributed by atoms with Gasteiger partial charge in [-0.25, -0.2) is 0 Å². The van der Waals surface area contributed by atoms with Crippen LogP contribution in [-0.2, 0) is 0 Å². The highest BCUT2D eigenvalue weighted by Gasteiger charge is 2.33. The second-order valence-corrected chi connectivity index (χ2v) is 8.10. The summed E-state index contributed by atoms with van der Waals surface area (Å²) in [7, 11) is 4.15. The van der Waals surface area contributed by atoms with Crippen LogP contribution < -0.4 is 9.47 Å². The SMILES string of the molecule is CN(C)CCCOc1ccc(C2c3ccc(O)cc3OC[C@@H]2c2ccccc2)cc1. The van der Waals surface area contributed by atoms with Gasteiger partial charge in [-0.2, -0.15) is 0 Å². The Morgan fingerprint density at radius 3 is 2.47 bits per heavy atom. The van der Waals surface area contributed by atoms with Gasteiger partial charge >= 0.3 is 0 Å². The zero-order valence-electron chi connectivity index (χ0n) is 17.6. The lowest BCUT2D eigenvalue weighted by Gasteiger charge is -2.34. The molecule has 4 heteroatoms. The van der Waals surface area contributed by atoms with Crippen LogP contribution in [0.3, 0.4) is 0 Å². The zero-order chi connectivity index (χ0) is 20.9. The van der Waals surface area contributed by atoms with Gasteiger partial charge in [0.1, 0.15) is 17.2 Å². The van der Waals surface area contributed by atoms with Crippen molar-refractivity contribution in [1.29, 1.82) is 0 Å². The van der Waals surface area contributed by atoms with Gasteiger partial charge in [-0.1, -0.05) is 48.5 Å². The molecule has 0 aliphatic carbocycles. The fourth-order valence-electron chi connectivity index (χ4n) is 4.14. The van der Waals surface area contributed by atoms with Crippen molar-refractivity contribution in [3.8, 4) is 17.2 Å². The standard InChI is InChI=1S/C26H29NO3/c1-27(2)15-6-16-29-22-12-9-20(10-13-22)26-23-14-11-21(28)17-25(23)30-18-24(26)19-7-4-3-5-8-19/h3-5,7-14,17,24,26,28H,6,15-16,18H2,1-2H3/t24-,26?/m1/s1. The van der Waals surface area contributed by atoms with Crippen LogP contribution >= 0.6 is 0 Å². The second kappa shape index (κ2) is 9.23. The highest BCUT2D eigenvalue weighted by molar-refractivity contribution is 5.50. The molecule has 0 radical (unpaired) electrons. The molecule has 4 rings (SSSR count). The molecule has 3 aromatic carbocycles. The second-order valence-electron chi connectivity index (χ2n) is 8.10. The number of hydrogen-bond donors (Lipinski definition) is 1. The van der Waals surface area contributed by atoms with Crippen LogP contribution in [0.1, 0.15) is 34.9 Å². The molecule has 0 saturated carbocycles. The zero-order valence-corrected chi connectivity index (χ0v) is 17.6. The molecule has 156 valence electrons. The van der Waals surface area contributed by atoms with Crippen LogP contribution in [0.2, 0.25) is 0 Å². The Labute approximate surface area is 178 Å². The molecule has 1 aliphatic heterocycles. The summed E-state index contributed by atoms with van der Waals surface area (Å²) in [5.41, 5.74) is 3.58. The summed E-state index contributed by atoms with van der Waals surface area (Å²) >= 11 is 0. The minimum absolute atomic E-state index is 0.152. The summed E-state index contributed by atoms with van der Waals surface area (Å²) in [6.07, 6.45) is 1.00. The lowest BCUT2D eigenvalue weighted by molar-refractivity contribution is 0.247. The summed E-state index contributed by atoms with van der Waals surface area (Å²) < 4.78 is 12.0. The number of aromatic hydroxyl groups is 1. The molecule has 0 amide bonds. The van der Waals surface area contributed by atoms with Crippen molar-refractivity contribution in [1.82, 2.24) is 4.90 Å². The Bertz CT molecular complexity index is 954. The normalized spacial score (nSPS) is 18.0. The van der Waals surface area contributed by atoms with Gasteiger partial charge in [0.2, 0.25) is 0 Å². The van der Waals surface area contributed by atoms with Crippen molar-refractivity contribution < 1.29 is 14.6 Å². The highest BCUT2D eigenvalue weighted by Crippen LogP contribution is 2.47. The monoisotopic (exact) mass is 403 g/mol. The molecule has 1 aliphatic rings. The molecule has 0 fully saturated rings. The van der Waals surface area contributed by atoms with Crippen LogP contribution in [0.5, 0.6) is 17.2 Å². The topological polar surface area (TPSA) is 41.9 Å². The molecule has 2 atom stereocenters. The van der Waals surface area contributed by atoms with E-state index in [0.717, 1.165) is 30.0 Å². The first-order valence-electron chi connectivity index (χ1n) is 10.5. The first-order chi connectivity index (χ1) is 14.6. The number of nitrogens with zero attached hydrogens (tertiary/aromatic N) is 1. The largest absolute Gasteiger partial charge is 0.508 e. The summed E-state index contributed by atoms with van der Waals surface area (Å²) in [6, 6.07) is 24.4. The Kier molecular flexibility index (Phi) is 6.24. The summed E-state index contributed by atoms with van der Waals surface area (Å²) in [4.78, 5) is 2.16. The molecule has 1 heterocycles. The van der Waals surface area contributed by atoms with Crippen molar-refractivity contribution in [3.05, 3.63) is 89.5 Å². The maximum atomic E-state index is 9.90. The third-order valence-corrected chi connectivity index (χ3v) is 5.64. The summed E-state index contributed by atoms with van der Waals surface area (Å²) in [5, 5.41) is 9.90. The summed E-state index contributed by atoms with van der Waals surface area (Å²) in [6.45, 7) is 2.31. The van der Waals surface area contributed by atoms with E-state index in [4.69, 9.17) is 9.47 Å². The minimum atomic E-state index is 0.152. The van der Waals surface area contributed by atoms with Gasteiger partial charge in [-0.05, 0) is 49.8 Å². The molecular weight excluding hydrogens is 374 g/mol. The van der Waals surface area contributed by atoms with Gasteiger partial charge in [0, 0.05) is 30.0 Å².